The molecule has 0 bridgehead atoms. The number of aliphatic hydroxyl groups is 1. The van der Waals surface area contributed by atoms with E-state index in [9.17, 15) is 4.79 Å². The van der Waals surface area contributed by atoms with Gasteiger partial charge in [-0.05, 0) is 54.8 Å². The molecule has 1 amide bonds. The Balaban J connectivity index is 1.66. The van der Waals surface area contributed by atoms with E-state index in [0.717, 1.165) is 11.4 Å². The molecule has 1 atom stereocenters. The smallest absolute Gasteiger partial charge is 0.414 e. The Morgan fingerprint density at radius 2 is 1.83 bits per heavy atom. The summed E-state index contributed by atoms with van der Waals surface area (Å²) in [5, 5.41) is 9.09. The van der Waals surface area contributed by atoms with Crippen LogP contribution in [-0.2, 0) is 11.3 Å². The maximum atomic E-state index is 11.8. The zero-order chi connectivity index (χ0) is 17.1. The summed E-state index contributed by atoms with van der Waals surface area (Å²) in [4.78, 5) is 13.3. The van der Waals surface area contributed by atoms with E-state index in [1.54, 1.807) is 0 Å². The number of nitrogens with zero attached hydrogens (tertiary/aromatic N) is 1. The van der Waals surface area contributed by atoms with Gasteiger partial charge in [0.05, 0.1) is 13.2 Å². The zero-order valence-corrected chi connectivity index (χ0v) is 13.9. The van der Waals surface area contributed by atoms with E-state index in [-0.39, 0.29) is 6.61 Å². The van der Waals surface area contributed by atoms with Gasteiger partial charge >= 0.3 is 6.09 Å². The highest BCUT2D eigenvalue weighted by molar-refractivity contribution is 5.89. The molecule has 5 nitrogen and oxygen atoms in total. The zero-order valence-electron chi connectivity index (χ0n) is 13.9. The first-order valence-electron chi connectivity index (χ1n) is 7.95. The summed E-state index contributed by atoms with van der Waals surface area (Å²) in [7, 11) is 0. The first kappa shape index (κ1) is 16.3. The lowest BCUT2D eigenvalue weighted by Gasteiger charge is -2.14. The number of ether oxygens (including phenoxy) is 2. The van der Waals surface area contributed by atoms with Crippen molar-refractivity contribution >= 4 is 11.8 Å². The molecule has 1 aliphatic rings. The van der Waals surface area contributed by atoms with E-state index >= 15 is 0 Å². The van der Waals surface area contributed by atoms with Gasteiger partial charge in [-0.3, -0.25) is 4.90 Å². The van der Waals surface area contributed by atoms with Gasteiger partial charge < -0.3 is 14.6 Å². The summed E-state index contributed by atoms with van der Waals surface area (Å²) in [5.74, 6) is 0.743. The molecule has 1 heterocycles. The van der Waals surface area contributed by atoms with Crippen molar-refractivity contribution in [2.24, 2.45) is 0 Å². The van der Waals surface area contributed by atoms with Crippen molar-refractivity contribution in [2.45, 2.75) is 26.6 Å². The van der Waals surface area contributed by atoms with Crippen LogP contribution in [0.5, 0.6) is 5.75 Å². The summed E-state index contributed by atoms with van der Waals surface area (Å²) in [6.07, 6.45) is -0.893. The molecule has 0 spiro atoms. The topological polar surface area (TPSA) is 59.0 Å². The minimum atomic E-state index is -0.461. The third-order valence-corrected chi connectivity index (χ3v) is 4.25. The molecule has 0 aliphatic carbocycles. The van der Waals surface area contributed by atoms with E-state index in [2.05, 4.69) is 26.0 Å². The molecule has 2 aromatic rings. The minimum Gasteiger partial charge on any atom is -0.489 e. The van der Waals surface area contributed by atoms with Crippen molar-refractivity contribution in [3.8, 4) is 5.75 Å². The highest BCUT2D eigenvalue weighted by Crippen LogP contribution is 2.25. The number of carbonyl (C=O) groups is 1. The van der Waals surface area contributed by atoms with Crippen LogP contribution in [0.25, 0.3) is 0 Å². The number of rotatable bonds is 5. The fraction of sp³-hybridized carbons (Fsp3) is 0.316. The number of benzene rings is 2. The highest BCUT2D eigenvalue weighted by Gasteiger charge is 2.31. The Kier molecular flexibility index (Phi) is 4.71. The fourth-order valence-electron chi connectivity index (χ4n) is 2.78. The van der Waals surface area contributed by atoms with Crippen LogP contribution in [-0.4, -0.2) is 30.5 Å². The Hall–Kier alpha value is -2.53. The number of aryl methyl sites for hydroxylation is 2. The van der Waals surface area contributed by atoms with Crippen molar-refractivity contribution < 1.29 is 19.4 Å². The van der Waals surface area contributed by atoms with Gasteiger partial charge in [-0.15, -0.1) is 0 Å². The van der Waals surface area contributed by atoms with Crippen molar-refractivity contribution in [3.63, 3.8) is 0 Å². The molecular formula is C19H21NO4. The normalized spacial score (nSPS) is 17.0. The van der Waals surface area contributed by atoms with Gasteiger partial charge in [0.15, 0.2) is 0 Å². The van der Waals surface area contributed by atoms with Crippen LogP contribution in [0, 0.1) is 13.8 Å². The number of amides is 1. The number of cyclic esters (lactones) is 1. The third-order valence-electron chi connectivity index (χ3n) is 4.25. The summed E-state index contributed by atoms with van der Waals surface area (Å²) in [6.45, 7) is 4.85. The SMILES string of the molecule is Cc1cccc(C)c1COc1ccc(N2CC(CO)OC2=O)cc1. The van der Waals surface area contributed by atoms with Crippen molar-refractivity contribution in [1.29, 1.82) is 0 Å². The molecule has 126 valence electrons. The molecule has 1 fully saturated rings. The number of aliphatic hydroxyl groups excluding tert-OH is 1. The monoisotopic (exact) mass is 327 g/mol. The van der Waals surface area contributed by atoms with Crippen LogP contribution < -0.4 is 9.64 Å². The highest BCUT2D eigenvalue weighted by atomic mass is 16.6. The standard InChI is InChI=1S/C19H21NO4/c1-13-4-3-5-14(2)18(13)12-23-16-8-6-15(7-9-16)20-10-17(11-21)24-19(20)22/h3-9,17,21H,10-12H2,1-2H3. The molecule has 1 N–H and O–H groups in total. The predicted octanol–water partition coefficient (Wildman–Crippen LogP) is 3.20. The fourth-order valence-corrected chi connectivity index (χ4v) is 2.78. The maximum Gasteiger partial charge on any atom is 0.414 e. The molecule has 1 unspecified atom stereocenters. The average molecular weight is 327 g/mol. The van der Waals surface area contributed by atoms with E-state index in [0.29, 0.717) is 13.2 Å². The van der Waals surface area contributed by atoms with E-state index < -0.39 is 12.2 Å². The van der Waals surface area contributed by atoms with Crippen molar-refractivity contribution in [2.75, 3.05) is 18.1 Å². The minimum absolute atomic E-state index is 0.167. The van der Waals surface area contributed by atoms with Crippen LogP contribution in [0.2, 0.25) is 0 Å². The summed E-state index contributed by atoms with van der Waals surface area (Å²) < 4.78 is 10.9. The van der Waals surface area contributed by atoms with Gasteiger partial charge in [0.1, 0.15) is 18.5 Å². The number of hydrogen-bond donors (Lipinski definition) is 1. The van der Waals surface area contributed by atoms with Crippen molar-refractivity contribution in [3.05, 3.63) is 59.2 Å². The first-order valence-corrected chi connectivity index (χ1v) is 7.95. The predicted molar refractivity (Wildman–Crippen MR) is 91.4 cm³/mol. The number of hydrogen-bond acceptors (Lipinski definition) is 4. The lowest BCUT2D eigenvalue weighted by Crippen LogP contribution is -2.25. The molecule has 1 aliphatic heterocycles. The summed E-state index contributed by atoms with van der Waals surface area (Å²) in [6, 6.07) is 13.5. The molecule has 0 aromatic heterocycles. The van der Waals surface area contributed by atoms with Gasteiger partial charge in [-0.2, -0.15) is 0 Å². The van der Waals surface area contributed by atoms with Gasteiger partial charge in [0.2, 0.25) is 0 Å². The molecule has 1 saturated heterocycles. The van der Waals surface area contributed by atoms with E-state index in [1.165, 1.54) is 21.6 Å². The number of carbonyl (C=O) groups excluding carboxylic acids is 1. The third kappa shape index (κ3) is 3.36. The average Bonchev–Trinajstić information content (AvgIpc) is 2.96. The Bertz CT molecular complexity index is 706. The molecule has 0 saturated carbocycles. The maximum absolute atomic E-state index is 11.8. The molecule has 24 heavy (non-hydrogen) atoms. The van der Waals surface area contributed by atoms with Crippen LogP contribution >= 0.6 is 0 Å². The van der Waals surface area contributed by atoms with Crippen LogP contribution in [0.15, 0.2) is 42.5 Å². The number of anilines is 1. The molecule has 0 radical (unpaired) electrons. The van der Waals surface area contributed by atoms with Gasteiger partial charge in [-0.25, -0.2) is 4.79 Å². The summed E-state index contributed by atoms with van der Waals surface area (Å²) in [5.41, 5.74) is 4.34. The molecule has 3 rings (SSSR count). The second-order valence-corrected chi connectivity index (χ2v) is 5.95. The van der Waals surface area contributed by atoms with Gasteiger partial charge in [-0.1, -0.05) is 18.2 Å². The second-order valence-electron chi connectivity index (χ2n) is 5.95. The van der Waals surface area contributed by atoms with Crippen molar-refractivity contribution in [1.82, 2.24) is 0 Å². The Labute approximate surface area is 141 Å². The van der Waals surface area contributed by atoms with Crippen LogP contribution in [0.4, 0.5) is 10.5 Å². The second kappa shape index (κ2) is 6.93. The lowest BCUT2D eigenvalue weighted by molar-refractivity contribution is 0.0963. The lowest BCUT2D eigenvalue weighted by atomic mass is 10.0. The molecule has 5 heteroatoms. The molecular weight excluding hydrogens is 306 g/mol. The van der Waals surface area contributed by atoms with Gasteiger partial charge in [0, 0.05) is 5.69 Å². The Morgan fingerprint density at radius 3 is 2.42 bits per heavy atom. The van der Waals surface area contributed by atoms with Crippen LogP contribution in [0.1, 0.15) is 16.7 Å². The first-order chi connectivity index (χ1) is 11.6. The largest absolute Gasteiger partial charge is 0.489 e. The Morgan fingerprint density at radius 1 is 1.17 bits per heavy atom. The van der Waals surface area contributed by atoms with Gasteiger partial charge in [0.25, 0.3) is 0 Å². The quantitative estimate of drug-likeness (QED) is 0.916. The van der Waals surface area contributed by atoms with Crippen LogP contribution in [0.3, 0.4) is 0 Å². The van der Waals surface area contributed by atoms with E-state index in [1.807, 2.05) is 30.3 Å². The molecule has 2 aromatic carbocycles. The summed E-state index contributed by atoms with van der Waals surface area (Å²) >= 11 is 0. The van der Waals surface area contributed by atoms with E-state index in [4.69, 9.17) is 14.6 Å².